The number of rotatable bonds is 4. The van der Waals surface area contributed by atoms with Crippen molar-refractivity contribution in [1.82, 2.24) is 14.8 Å². The number of hydrogen-bond acceptors (Lipinski definition) is 5. The van der Waals surface area contributed by atoms with Crippen molar-refractivity contribution in [3.8, 4) is 11.3 Å². The zero-order chi connectivity index (χ0) is 20.3. The molecule has 0 unspecified atom stereocenters. The van der Waals surface area contributed by atoms with E-state index in [1.54, 1.807) is 11.3 Å². The molecular weight excluding hydrogens is 394 g/mol. The summed E-state index contributed by atoms with van der Waals surface area (Å²) in [7, 11) is 0. The van der Waals surface area contributed by atoms with Crippen molar-refractivity contribution in [2.75, 3.05) is 13.1 Å². The Kier molecular flexibility index (Phi) is 4.15. The van der Waals surface area contributed by atoms with E-state index in [4.69, 9.17) is 9.40 Å². The molecule has 154 valence electrons. The fourth-order valence-corrected chi connectivity index (χ4v) is 6.84. The van der Waals surface area contributed by atoms with Crippen LogP contribution in [0.15, 0.2) is 52.3 Å². The highest BCUT2D eigenvalue weighted by Crippen LogP contribution is 2.56. The van der Waals surface area contributed by atoms with Gasteiger partial charge >= 0.3 is 0 Å². The molecule has 5 nitrogen and oxygen atoms in total. The zero-order valence-corrected chi connectivity index (χ0v) is 17.9. The third kappa shape index (κ3) is 2.63. The van der Waals surface area contributed by atoms with E-state index in [9.17, 15) is 4.79 Å². The van der Waals surface area contributed by atoms with Crippen LogP contribution in [0.4, 0.5) is 0 Å². The van der Waals surface area contributed by atoms with E-state index < -0.39 is 0 Å². The summed E-state index contributed by atoms with van der Waals surface area (Å²) in [6, 6.07) is 14.6. The molecule has 1 amide bonds. The lowest BCUT2D eigenvalue weighted by molar-refractivity contribution is -0.137. The second kappa shape index (κ2) is 6.79. The third-order valence-corrected chi connectivity index (χ3v) is 8.09. The lowest BCUT2D eigenvalue weighted by Gasteiger charge is -2.32. The predicted octanol–water partition coefficient (Wildman–Crippen LogP) is 4.65. The second-order valence-corrected chi connectivity index (χ2v) is 9.69. The molecule has 3 aromatic rings. The van der Waals surface area contributed by atoms with Crippen LogP contribution in [0.2, 0.25) is 0 Å². The number of furan rings is 1. The van der Waals surface area contributed by atoms with Gasteiger partial charge in [0, 0.05) is 23.4 Å². The van der Waals surface area contributed by atoms with Gasteiger partial charge in [0.2, 0.25) is 5.91 Å². The second-order valence-electron chi connectivity index (χ2n) is 8.80. The Morgan fingerprint density at radius 1 is 1.23 bits per heavy atom. The molecule has 1 spiro atoms. The molecule has 0 radical (unpaired) electrons. The SMILES string of the molecule is Cc1ccc(CN2C[C@@H]3C[C@@H](c4nc(-c5ccccc5)cs4)N4CCC[C@@]34C2=O)o1. The minimum Gasteiger partial charge on any atom is -0.464 e. The summed E-state index contributed by atoms with van der Waals surface area (Å²) in [4.78, 5) is 23.1. The summed E-state index contributed by atoms with van der Waals surface area (Å²) in [6.07, 6.45) is 3.07. The van der Waals surface area contributed by atoms with Gasteiger partial charge in [0.25, 0.3) is 0 Å². The first-order valence-corrected chi connectivity index (χ1v) is 11.7. The Balaban J connectivity index is 1.27. The molecule has 0 aliphatic carbocycles. The van der Waals surface area contributed by atoms with E-state index in [2.05, 4.69) is 34.5 Å². The average Bonchev–Trinajstić information content (AvgIpc) is 3.54. The number of nitrogens with zero attached hydrogens (tertiary/aromatic N) is 3. The van der Waals surface area contributed by atoms with Crippen LogP contribution in [0, 0.1) is 12.8 Å². The molecular formula is C24H25N3O2S. The number of aromatic nitrogens is 1. The van der Waals surface area contributed by atoms with Crippen LogP contribution in [0.5, 0.6) is 0 Å². The molecule has 3 aliphatic heterocycles. The highest BCUT2D eigenvalue weighted by atomic mass is 32.1. The van der Waals surface area contributed by atoms with Crippen molar-refractivity contribution >= 4 is 17.2 Å². The van der Waals surface area contributed by atoms with Gasteiger partial charge in [-0.3, -0.25) is 9.69 Å². The fourth-order valence-electron chi connectivity index (χ4n) is 5.89. The number of carbonyl (C=O) groups excluding carboxylic acids is 1. The molecule has 3 fully saturated rings. The monoisotopic (exact) mass is 419 g/mol. The van der Waals surface area contributed by atoms with Crippen molar-refractivity contribution in [3.63, 3.8) is 0 Å². The molecule has 6 rings (SSSR count). The Morgan fingerprint density at radius 3 is 2.90 bits per heavy atom. The molecule has 3 saturated heterocycles. The van der Waals surface area contributed by atoms with Crippen LogP contribution in [0.1, 0.15) is 41.8 Å². The number of amides is 1. The Labute approximate surface area is 180 Å². The Bertz CT molecular complexity index is 1090. The smallest absolute Gasteiger partial charge is 0.243 e. The fraction of sp³-hybridized carbons (Fsp3) is 0.417. The minimum atomic E-state index is -0.328. The molecule has 3 atom stereocenters. The van der Waals surface area contributed by atoms with E-state index in [1.165, 1.54) is 0 Å². The normalized spacial score (nSPS) is 28.3. The maximum absolute atomic E-state index is 13.6. The number of aryl methyl sites for hydroxylation is 1. The number of carbonyl (C=O) groups is 1. The van der Waals surface area contributed by atoms with Gasteiger partial charge in [-0.2, -0.15) is 0 Å². The molecule has 30 heavy (non-hydrogen) atoms. The number of benzene rings is 1. The Hall–Kier alpha value is -2.44. The summed E-state index contributed by atoms with van der Waals surface area (Å²) in [6.45, 7) is 4.34. The first-order valence-electron chi connectivity index (χ1n) is 10.8. The summed E-state index contributed by atoms with van der Waals surface area (Å²) >= 11 is 1.74. The number of likely N-dealkylation sites (tertiary alicyclic amines) is 1. The maximum Gasteiger partial charge on any atom is 0.243 e. The van der Waals surface area contributed by atoms with E-state index in [1.807, 2.05) is 30.0 Å². The number of thiazole rings is 1. The van der Waals surface area contributed by atoms with Gasteiger partial charge in [-0.1, -0.05) is 30.3 Å². The molecule has 0 bridgehead atoms. The van der Waals surface area contributed by atoms with Crippen molar-refractivity contribution in [2.24, 2.45) is 5.92 Å². The van der Waals surface area contributed by atoms with Crippen LogP contribution < -0.4 is 0 Å². The van der Waals surface area contributed by atoms with Gasteiger partial charge in [0.05, 0.1) is 18.3 Å². The molecule has 3 aliphatic rings. The van der Waals surface area contributed by atoms with E-state index in [0.29, 0.717) is 18.4 Å². The summed E-state index contributed by atoms with van der Waals surface area (Å²) < 4.78 is 5.74. The van der Waals surface area contributed by atoms with Crippen LogP contribution >= 0.6 is 11.3 Å². The average molecular weight is 420 g/mol. The predicted molar refractivity (Wildman–Crippen MR) is 116 cm³/mol. The summed E-state index contributed by atoms with van der Waals surface area (Å²) in [5.74, 6) is 2.44. The van der Waals surface area contributed by atoms with Crippen molar-refractivity contribution in [3.05, 3.63) is 64.4 Å². The van der Waals surface area contributed by atoms with Gasteiger partial charge in [-0.15, -0.1) is 11.3 Å². The van der Waals surface area contributed by atoms with Gasteiger partial charge in [0.1, 0.15) is 22.1 Å². The van der Waals surface area contributed by atoms with Crippen LogP contribution in [-0.2, 0) is 11.3 Å². The molecule has 1 aromatic carbocycles. The lowest BCUT2D eigenvalue weighted by atomic mass is 9.86. The van der Waals surface area contributed by atoms with Gasteiger partial charge in [-0.05, 0) is 44.9 Å². The molecule has 6 heteroatoms. The lowest BCUT2D eigenvalue weighted by Crippen LogP contribution is -2.49. The van der Waals surface area contributed by atoms with Crippen LogP contribution in [0.25, 0.3) is 11.3 Å². The summed E-state index contributed by atoms with van der Waals surface area (Å²) in [5, 5.41) is 3.32. The highest BCUT2D eigenvalue weighted by molar-refractivity contribution is 7.10. The van der Waals surface area contributed by atoms with Gasteiger partial charge < -0.3 is 9.32 Å². The molecule has 0 saturated carbocycles. The largest absolute Gasteiger partial charge is 0.464 e. The van der Waals surface area contributed by atoms with Crippen LogP contribution in [-0.4, -0.2) is 39.3 Å². The van der Waals surface area contributed by atoms with Crippen molar-refractivity contribution in [1.29, 1.82) is 0 Å². The van der Waals surface area contributed by atoms with E-state index in [0.717, 1.165) is 60.1 Å². The number of hydrogen-bond donors (Lipinski definition) is 0. The Morgan fingerprint density at radius 2 is 2.10 bits per heavy atom. The quantitative estimate of drug-likeness (QED) is 0.618. The summed E-state index contributed by atoms with van der Waals surface area (Å²) in [5.41, 5.74) is 1.87. The third-order valence-electron chi connectivity index (χ3n) is 7.15. The van der Waals surface area contributed by atoms with E-state index >= 15 is 0 Å². The van der Waals surface area contributed by atoms with Crippen molar-refractivity contribution in [2.45, 2.75) is 44.3 Å². The minimum absolute atomic E-state index is 0.261. The van der Waals surface area contributed by atoms with E-state index in [-0.39, 0.29) is 11.6 Å². The van der Waals surface area contributed by atoms with Crippen molar-refractivity contribution < 1.29 is 9.21 Å². The van der Waals surface area contributed by atoms with Crippen LogP contribution in [0.3, 0.4) is 0 Å². The molecule has 0 N–H and O–H groups in total. The highest BCUT2D eigenvalue weighted by Gasteiger charge is 2.65. The zero-order valence-electron chi connectivity index (χ0n) is 17.1. The molecule has 5 heterocycles. The standard InChI is InChI=1S/C24H25N3O2S/c1-16-8-9-19(29-16)14-26-13-18-12-21(27-11-5-10-24(18,27)23(26)28)22-25-20(15-30-22)17-6-3-2-4-7-17/h2-4,6-9,15,18,21H,5,10-14H2,1H3/t18-,21-,24-/m0/s1. The van der Waals surface area contributed by atoms with Gasteiger partial charge in [0.15, 0.2) is 0 Å². The maximum atomic E-state index is 13.6. The molecule has 2 aromatic heterocycles. The topological polar surface area (TPSA) is 49.6 Å². The van der Waals surface area contributed by atoms with Gasteiger partial charge in [-0.25, -0.2) is 4.98 Å². The first kappa shape index (κ1) is 18.3. The first-order chi connectivity index (χ1) is 14.6.